The molecule has 0 unspecified atom stereocenters. The molecule has 1 saturated carbocycles. The van der Waals surface area contributed by atoms with Gasteiger partial charge in [0.1, 0.15) is 6.33 Å². The molecule has 0 aliphatic heterocycles. The van der Waals surface area contributed by atoms with Gasteiger partial charge in [0, 0.05) is 6.04 Å². The van der Waals surface area contributed by atoms with Gasteiger partial charge in [-0.2, -0.15) is 0 Å². The lowest BCUT2D eigenvalue weighted by Gasteiger charge is -2.30. The SMILES string of the molecule is CC(C)(C)[C@@H](N)c1nncn1C1CCCCC1. The summed E-state index contributed by atoms with van der Waals surface area (Å²) in [5, 5.41) is 8.31. The summed E-state index contributed by atoms with van der Waals surface area (Å²) in [5.74, 6) is 0.949. The van der Waals surface area contributed by atoms with Crippen molar-refractivity contribution in [2.75, 3.05) is 0 Å². The van der Waals surface area contributed by atoms with Crippen LogP contribution in [-0.4, -0.2) is 14.8 Å². The van der Waals surface area contributed by atoms with E-state index >= 15 is 0 Å². The normalized spacial score (nSPS) is 20.5. The third-order valence-electron chi connectivity index (χ3n) is 3.78. The Morgan fingerprint density at radius 2 is 1.94 bits per heavy atom. The average Bonchev–Trinajstić information content (AvgIpc) is 2.76. The van der Waals surface area contributed by atoms with E-state index in [-0.39, 0.29) is 11.5 Å². The smallest absolute Gasteiger partial charge is 0.150 e. The van der Waals surface area contributed by atoms with Crippen LogP contribution in [0.25, 0.3) is 0 Å². The van der Waals surface area contributed by atoms with Crippen molar-refractivity contribution < 1.29 is 0 Å². The Hall–Kier alpha value is -0.900. The molecule has 0 amide bonds. The maximum Gasteiger partial charge on any atom is 0.150 e. The van der Waals surface area contributed by atoms with Crippen molar-refractivity contribution in [1.82, 2.24) is 14.8 Å². The van der Waals surface area contributed by atoms with Gasteiger partial charge in [-0.25, -0.2) is 0 Å². The van der Waals surface area contributed by atoms with Gasteiger partial charge in [0.25, 0.3) is 0 Å². The Bertz CT molecular complexity index is 358. The average molecular weight is 236 g/mol. The molecule has 2 N–H and O–H groups in total. The highest BCUT2D eigenvalue weighted by atomic mass is 15.3. The molecule has 0 saturated heterocycles. The molecule has 17 heavy (non-hydrogen) atoms. The van der Waals surface area contributed by atoms with Crippen LogP contribution in [0.5, 0.6) is 0 Å². The maximum atomic E-state index is 6.30. The van der Waals surface area contributed by atoms with E-state index in [0.717, 1.165) is 5.82 Å². The van der Waals surface area contributed by atoms with Crippen molar-refractivity contribution >= 4 is 0 Å². The third-order valence-corrected chi connectivity index (χ3v) is 3.78. The molecular weight excluding hydrogens is 212 g/mol. The quantitative estimate of drug-likeness (QED) is 0.859. The zero-order valence-corrected chi connectivity index (χ0v) is 11.2. The third kappa shape index (κ3) is 2.68. The second kappa shape index (κ2) is 4.77. The Labute approximate surface area is 104 Å². The van der Waals surface area contributed by atoms with E-state index in [1.165, 1.54) is 32.1 Å². The van der Waals surface area contributed by atoms with Crippen molar-refractivity contribution in [2.24, 2.45) is 11.1 Å². The molecule has 1 aromatic heterocycles. The van der Waals surface area contributed by atoms with Gasteiger partial charge in [0.15, 0.2) is 5.82 Å². The van der Waals surface area contributed by atoms with Gasteiger partial charge < -0.3 is 10.3 Å². The van der Waals surface area contributed by atoms with Crippen molar-refractivity contribution in [2.45, 2.75) is 65.0 Å². The monoisotopic (exact) mass is 236 g/mol. The number of aromatic nitrogens is 3. The number of hydrogen-bond donors (Lipinski definition) is 1. The van der Waals surface area contributed by atoms with E-state index < -0.39 is 0 Å². The Balaban J connectivity index is 2.21. The van der Waals surface area contributed by atoms with Crippen LogP contribution in [0, 0.1) is 5.41 Å². The van der Waals surface area contributed by atoms with Crippen LogP contribution in [0.3, 0.4) is 0 Å². The first-order chi connectivity index (χ1) is 8.00. The Morgan fingerprint density at radius 3 is 2.53 bits per heavy atom. The van der Waals surface area contributed by atoms with Crippen molar-refractivity contribution in [3.8, 4) is 0 Å². The molecule has 1 heterocycles. The highest BCUT2D eigenvalue weighted by molar-refractivity contribution is 5.01. The van der Waals surface area contributed by atoms with Gasteiger partial charge >= 0.3 is 0 Å². The molecule has 96 valence electrons. The topological polar surface area (TPSA) is 56.7 Å². The lowest BCUT2D eigenvalue weighted by molar-refractivity contribution is 0.283. The van der Waals surface area contributed by atoms with Crippen LogP contribution in [-0.2, 0) is 0 Å². The predicted octanol–water partition coefficient (Wildman–Crippen LogP) is 2.83. The molecule has 0 bridgehead atoms. The van der Waals surface area contributed by atoms with Crippen LogP contribution in [0.2, 0.25) is 0 Å². The summed E-state index contributed by atoms with van der Waals surface area (Å²) in [4.78, 5) is 0. The Kier molecular flexibility index (Phi) is 3.52. The lowest BCUT2D eigenvalue weighted by Crippen LogP contribution is -2.30. The highest BCUT2D eigenvalue weighted by Gasteiger charge is 2.29. The second-order valence-electron chi connectivity index (χ2n) is 6.23. The van der Waals surface area contributed by atoms with Crippen LogP contribution in [0.1, 0.15) is 70.8 Å². The molecule has 0 radical (unpaired) electrons. The van der Waals surface area contributed by atoms with E-state index in [1.54, 1.807) is 0 Å². The molecule has 0 aromatic carbocycles. The van der Waals surface area contributed by atoms with Crippen molar-refractivity contribution in [1.29, 1.82) is 0 Å². The fourth-order valence-electron chi connectivity index (χ4n) is 2.50. The first kappa shape index (κ1) is 12.6. The van der Waals surface area contributed by atoms with Gasteiger partial charge in [0.2, 0.25) is 0 Å². The molecule has 4 heteroatoms. The summed E-state index contributed by atoms with van der Waals surface area (Å²) in [6.07, 6.45) is 8.32. The van der Waals surface area contributed by atoms with Crippen LogP contribution in [0.15, 0.2) is 6.33 Å². The van der Waals surface area contributed by atoms with E-state index in [1.807, 2.05) is 6.33 Å². The fourth-order valence-corrected chi connectivity index (χ4v) is 2.50. The molecule has 1 atom stereocenters. The minimum Gasteiger partial charge on any atom is -0.321 e. The first-order valence-corrected chi connectivity index (χ1v) is 6.65. The van der Waals surface area contributed by atoms with E-state index in [4.69, 9.17) is 5.73 Å². The molecular formula is C13H24N4. The predicted molar refractivity (Wildman–Crippen MR) is 68.5 cm³/mol. The van der Waals surface area contributed by atoms with Crippen LogP contribution >= 0.6 is 0 Å². The first-order valence-electron chi connectivity index (χ1n) is 6.65. The van der Waals surface area contributed by atoms with Gasteiger partial charge in [0.05, 0.1) is 6.04 Å². The lowest BCUT2D eigenvalue weighted by atomic mass is 9.86. The standard InChI is InChI=1S/C13H24N4/c1-13(2,3)11(14)12-16-15-9-17(12)10-7-5-4-6-8-10/h9-11H,4-8,14H2,1-3H3/t11-/m0/s1. The largest absolute Gasteiger partial charge is 0.321 e. The molecule has 1 aliphatic rings. The van der Waals surface area contributed by atoms with Gasteiger partial charge in [-0.1, -0.05) is 40.0 Å². The number of nitrogens with zero attached hydrogens (tertiary/aromatic N) is 3. The van der Waals surface area contributed by atoms with Crippen molar-refractivity contribution in [3.63, 3.8) is 0 Å². The molecule has 2 rings (SSSR count). The zero-order chi connectivity index (χ0) is 12.5. The van der Waals surface area contributed by atoms with Gasteiger partial charge in [-0.15, -0.1) is 10.2 Å². The van der Waals surface area contributed by atoms with E-state index in [2.05, 4.69) is 35.5 Å². The molecule has 1 aliphatic carbocycles. The summed E-state index contributed by atoms with van der Waals surface area (Å²) in [5.41, 5.74) is 6.33. The Morgan fingerprint density at radius 1 is 1.29 bits per heavy atom. The zero-order valence-electron chi connectivity index (χ0n) is 11.2. The molecule has 1 fully saturated rings. The van der Waals surface area contributed by atoms with Gasteiger partial charge in [-0.05, 0) is 18.3 Å². The van der Waals surface area contributed by atoms with Gasteiger partial charge in [-0.3, -0.25) is 0 Å². The summed E-state index contributed by atoms with van der Waals surface area (Å²) >= 11 is 0. The number of rotatable bonds is 2. The van der Waals surface area contributed by atoms with E-state index in [9.17, 15) is 0 Å². The maximum absolute atomic E-state index is 6.30. The minimum absolute atomic E-state index is 0.0272. The number of hydrogen-bond acceptors (Lipinski definition) is 3. The van der Waals surface area contributed by atoms with Crippen molar-refractivity contribution in [3.05, 3.63) is 12.2 Å². The molecule has 1 aromatic rings. The summed E-state index contributed by atoms with van der Waals surface area (Å²) in [6, 6.07) is 0.508. The molecule has 0 spiro atoms. The highest BCUT2D eigenvalue weighted by Crippen LogP contribution is 2.34. The minimum atomic E-state index is -0.0491. The van der Waals surface area contributed by atoms with Crippen LogP contribution < -0.4 is 5.73 Å². The summed E-state index contributed by atoms with van der Waals surface area (Å²) < 4.78 is 2.22. The summed E-state index contributed by atoms with van der Waals surface area (Å²) in [6.45, 7) is 6.45. The van der Waals surface area contributed by atoms with Crippen LogP contribution in [0.4, 0.5) is 0 Å². The summed E-state index contributed by atoms with van der Waals surface area (Å²) in [7, 11) is 0. The number of nitrogens with two attached hydrogens (primary N) is 1. The molecule has 4 nitrogen and oxygen atoms in total. The van der Waals surface area contributed by atoms with E-state index in [0.29, 0.717) is 6.04 Å². The second-order valence-corrected chi connectivity index (χ2v) is 6.23. The fraction of sp³-hybridized carbons (Fsp3) is 0.846.